The minimum absolute atomic E-state index is 0.216. The number of carboxylic acids is 1. The molecule has 1 N–H and O–H groups in total. The summed E-state index contributed by atoms with van der Waals surface area (Å²) in [7, 11) is 0. The van der Waals surface area contributed by atoms with E-state index < -0.39 is 5.97 Å². The number of carbonyl (C=O) groups is 1. The Kier molecular flexibility index (Phi) is 6.15. The Bertz CT molecular complexity index is 477. The summed E-state index contributed by atoms with van der Waals surface area (Å²) >= 11 is 0. The number of likely N-dealkylation sites (N-methyl/N-ethyl adjacent to an activating group) is 1. The summed E-state index contributed by atoms with van der Waals surface area (Å²) in [5.74, 6) is -0.580. The van der Waals surface area contributed by atoms with E-state index in [0.717, 1.165) is 25.3 Å². The molecule has 0 aliphatic heterocycles. The van der Waals surface area contributed by atoms with Crippen molar-refractivity contribution in [3.8, 4) is 5.88 Å². The smallest absolute Gasteiger partial charge is 0.335 e. The van der Waals surface area contributed by atoms with Crippen molar-refractivity contribution in [2.75, 3.05) is 26.2 Å². The average molecular weight is 294 g/mol. The standard InChI is InChI=1S/C16H26N2O3/c1-6-18(7-2)8-9-21-14-11-12(15(19)20)10-13(17-14)16(3,4)5/h10-11H,6-9H2,1-5H3,(H,19,20). The van der Waals surface area contributed by atoms with Gasteiger partial charge in [0.25, 0.3) is 0 Å². The molecule has 118 valence electrons. The molecule has 0 aliphatic rings. The molecule has 5 nitrogen and oxygen atoms in total. The van der Waals surface area contributed by atoms with Crippen molar-refractivity contribution in [1.29, 1.82) is 0 Å². The number of hydrogen-bond acceptors (Lipinski definition) is 4. The topological polar surface area (TPSA) is 62.7 Å². The lowest BCUT2D eigenvalue weighted by molar-refractivity contribution is 0.0695. The second-order valence-corrected chi connectivity index (χ2v) is 6.01. The molecule has 0 aromatic carbocycles. The Morgan fingerprint density at radius 3 is 2.38 bits per heavy atom. The summed E-state index contributed by atoms with van der Waals surface area (Å²) in [6, 6.07) is 3.10. The molecule has 1 heterocycles. The Labute approximate surface area is 126 Å². The number of carboxylic acid groups (broad SMARTS) is 1. The number of nitrogens with zero attached hydrogens (tertiary/aromatic N) is 2. The Hall–Kier alpha value is -1.62. The van der Waals surface area contributed by atoms with Gasteiger partial charge in [0.05, 0.1) is 11.3 Å². The molecule has 1 aromatic heterocycles. The SMILES string of the molecule is CCN(CC)CCOc1cc(C(=O)O)cc(C(C)(C)C)n1. The van der Waals surface area contributed by atoms with Gasteiger partial charge in [0.2, 0.25) is 5.88 Å². The lowest BCUT2D eigenvalue weighted by Crippen LogP contribution is -2.28. The van der Waals surface area contributed by atoms with Gasteiger partial charge in [-0.1, -0.05) is 34.6 Å². The number of pyridine rings is 1. The maximum Gasteiger partial charge on any atom is 0.335 e. The van der Waals surface area contributed by atoms with Gasteiger partial charge in [0.1, 0.15) is 6.61 Å². The maximum atomic E-state index is 11.2. The monoisotopic (exact) mass is 294 g/mol. The first-order valence-electron chi connectivity index (χ1n) is 7.39. The van der Waals surface area contributed by atoms with E-state index in [1.54, 1.807) is 6.07 Å². The third-order valence-electron chi connectivity index (χ3n) is 3.37. The molecular formula is C16H26N2O3. The quantitative estimate of drug-likeness (QED) is 0.838. The predicted octanol–water partition coefficient (Wildman–Crippen LogP) is 2.80. The molecule has 0 aliphatic carbocycles. The third kappa shape index (κ3) is 5.34. The molecule has 1 aromatic rings. The molecule has 0 unspecified atom stereocenters. The van der Waals surface area contributed by atoms with Gasteiger partial charge >= 0.3 is 5.97 Å². The van der Waals surface area contributed by atoms with E-state index in [9.17, 15) is 9.90 Å². The fraction of sp³-hybridized carbons (Fsp3) is 0.625. The van der Waals surface area contributed by atoms with Gasteiger partial charge in [-0.15, -0.1) is 0 Å². The largest absolute Gasteiger partial charge is 0.478 e. The summed E-state index contributed by atoms with van der Waals surface area (Å²) in [4.78, 5) is 17.9. The zero-order valence-corrected chi connectivity index (χ0v) is 13.6. The maximum absolute atomic E-state index is 11.2. The summed E-state index contributed by atoms with van der Waals surface area (Å²) in [6.07, 6.45) is 0. The van der Waals surface area contributed by atoms with Crippen LogP contribution in [0.1, 0.15) is 50.7 Å². The number of hydrogen-bond donors (Lipinski definition) is 1. The lowest BCUT2D eigenvalue weighted by Gasteiger charge is -2.20. The highest BCUT2D eigenvalue weighted by molar-refractivity contribution is 5.88. The van der Waals surface area contributed by atoms with Gasteiger partial charge in [-0.2, -0.15) is 0 Å². The van der Waals surface area contributed by atoms with Crippen molar-refractivity contribution >= 4 is 5.97 Å². The molecule has 0 saturated heterocycles. The van der Waals surface area contributed by atoms with E-state index in [-0.39, 0.29) is 11.0 Å². The zero-order chi connectivity index (χ0) is 16.0. The van der Waals surface area contributed by atoms with Crippen molar-refractivity contribution in [2.24, 2.45) is 0 Å². The molecule has 0 spiro atoms. The van der Waals surface area contributed by atoms with E-state index in [0.29, 0.717) is 12.5 Å². The number of ether oxygens (including phenoxy) is 1. The van der Waals surface area contributed by atoms with Crippen LogP contribution in [0.3, 0.4) is 0 Å². The predicted molar refractivity (Wildman–Crippen MR) is 83.2 cm³/mol. The van der Waals surface area contributed by atoms with Crippen LogP contribution in [-0.4, -0.2) is 47.2 Å². The molecule has 0 amide bonds. The second kappa shape index (κ2) is 7.41. The number of aromatic nitrogens is 1. The number of rotatable bonds is 7. The van der Waals surface area contributed by atoms with Crippen LogP contribution >= 0.6 is 0 Å². The highest BCUT2D eigenvalue weighted by Gasteiger charge is 2.19. The van der Waals surface area contributed by atoms with Crippen LogP contribution in [-0.2, 0) is 5.41 Å². The normalized spacial score (nSPS) is 11.7. The second-order valence-electron chi connectivity index (χ2n) is 6.01. The first-order valence-corrected chi connectivity index (χ1v) is 7.39. The van der Waals surface area contributed by atoms with Gasteiger partial charge in [0, 0.05) is 18.0 Å². The lowest BCUT2D eigenvalue weighted by atomic mass is 9.91. The minimum Gasteiger partial charge on any atom is -0.478 e. The van der Waals surface area contributed by atoms with Crippen LogP contribution in [0.25, 0.3) is 0 Å². The molecule has 1 rings (SSSR count). The molecule has 0 saturated carbocycles. The van der Waals surface area contributed by atoms with Crippen molar-refractivity contribution in [1.82, 2.24) is 9.88 Å². The summed E-state index contributed by atoms with van der Waals surface area (Å²) < 4.78 is 5.65. The summed E-state index contributed by atoms with van der Waals surface area (Å²) in [6.45, 7) is 13.4. The average Bonchev–Trinajstić information content (AvgIpc) is 2.42. The molecule has 0 atom stereocenters. The number of aromatic carboxylic acids is 1. The van der Waals surface area contributed by atoms with Gasteiger partial charge in [0.15, 0.2) is 0 Å². The molecular weight excluding hydrogens is 268 g/mol. The van der Waals surface area contributed by atoms with Crippen molar-refractivity contribution in [2.45, 2.75) is 40.0 Å². The van der Waals surface area contributed by atoms with Crippen LogP contribution in [0, 0.1) is 0 Å². The molecule has 0 radical (unpaired) electrons. The molecule has 21 heavy (non-hydrogen) atoms. The van der Waals surface area contributed by atoms with Crippen molar-refractivity contribution in [3.63, 3.8) is 0 Å². The molecule has 0 fully saturated rings. The van der Waals surface area contributed by atoms with E-state index in [2.05, 4.69) is 23.7 Å². The van der Waals surface area contributed by atoms with Crippen molar-refractivity contribution < 1.29 is 14.6 Å². The summed E-state index contributed by atoms with van der Waals surface area (Å²) in [5.41, 5.74) is 0.718. The van der Waals surface area contributed by atoms with Gasteiger partial charge in [-0.3, -0.25) is 0 Å². The van der Waals surface area contributed by atoms with E-state index >= 15 is 0 Å². The van der Waals surface area contributed by atoms with Crippen molar-refractivity contribution in [3.05, 3.63) is 23.4 Å². The zero-order valence-electron chi connectivity index (χ0n) is 13.6. The summed E-state index contributed by atoms with van der Waals surface area (Å²) in [5, 5.41) is 9.20. The van der Waals surface area contributed by atoms with Crippen LogP contribution in [0.4, 0.5) is 0 Å². The Morgan fingerprint density at radius 1 is 1.29 bits per heavy atom. The van der Waals surface area contributed by atoms with E-state index in [1.807, 2.05) is 20.8 Å². The van der Waals surface area contributed by atoms with Crippen LogP contribution in [0.5, 0.6) is 5.88 Å². The minimum atomic E-state index is -0.962. The first-order chi connectivity index (χ1) is 9.77. The Morgan fingerprint density at radius 2 is 1.90 bits per heavy atom. The van der Waals surface area contributed by atoms with Gasteiger partial charge in [-0.25, -0.2) is 9.78 Å². The molecule has 0 bridgehead atoms. The van der Waals surface area contributed by atoms with E-state index in [4.69, 9.17) is 4.74 Å². The fourth-order valence-corrected chi connectivity index (χ4v) is 1.91. The first kappa shape index (κ1) is 17.4. The van der Waals surface area contributed by atoms with Gasteiger partial charge < -0.3 is 14.7 Å². The van der Waals surface area contributed by atoms with Gasteiger partial charge in [-0.05, 0) is 19.2 Å². The van der Waals surface area contributed by atoms with Crippen LogP contribution in [0.15, 0.2) is 12.1 Å². The highest BCUT2D eigenvalue weighted by Crippen LogP contribution is 2.24. The van der Waals surface area contributed by atoms with Crippen LogP contribution in [0.2, 0.25) is 0 Å². The Balaban J connectivity index is 2.86. The van der Waals surface area contributed by atoms with E-state index in [1.165, 1.54) is 6.07 Å². The highest BCUT2D eigenvalue weighted by atomic mass is 16.5. The fourth-order valence-electron chi connectivity index (χ4n) is 1.91. The van der Waals surface area contributed by atoms with Crippen LogP contribution < -0.4 is 4.74 Å². The third-order valence-corrected chi connectivity index (χ3v) is 3.37. The molecule has 5 heteroatoms.